The van der Waals surface area contributed by atoms with Crippen LogP contribution < -0.4 is 5.73 Å². The molecule has 3 N–H and O–H groups in total. The number of halogens is 3. The highest BCUT2D eigenvalue weighted by Crippen LogP contribution is 2.30. The summed E-state index contributed by atoms with van der Waals surface area (Å²) in [5.74, 6) is -2.63. The number of rotatable bonds is 3. The molecular formula is C12H21F3N4. The van der Waals surface area contributed by atoms with Crippen LogP contribution in [0.15, 0.2) is 0 Å². The summed E-state index contributed by atoms with van der Waals surface area (Å²) in [5.41, 5.74) is 5.12. The molecule has 0 bridgehead atoms. The van der Waals surface area contributed by atoms with Gasteiger partial charge in [-0.05, 0) is 26.3 Å². The standard InChI is InChI=1S/C12H21F3N4/c1-8-5-18-4-2-3-9(18)6-19(8)7-10(11(16)17)12(13,14)15/h8-10H,2-7H2,1H3,(H3,16,17). The van der Waals surface area contributed by atoms with Crippen LogP contribution in [0.25, 0.3) is 0 Å². The summed E-state index contributed by atoms with van der Waals surface area (Å²) < 4.78 is 38.6. The number of nitrogens with two attached hydrogens (primary N) is 1. The number of piperazine rings is 1. The first-order valence-electron chi connectivity index (χ1n) is 6.67. The van der Waals surface area contributed by atoms with Crippen molar-refractivity contribution in [1.29, 1.82) is 5.41 Å². The van der Waals surface area contributed by atoms with Crippen LogP contribution in [0.1, 0.15) is 19.8 Å². The van der Waals surface area contributed by atoms with Gasteiger partial charge in [-0.1, -0.05) is 0 Å². The molecule has 2 heterocycles. The molecule has 2 aliphatic rings. The molecule has 7 heteroatoms. The van der Waals surface area contributed by atoms with E-state index in [1.54, 1.807) is 0 Å². The zero-order valence-corrected chi connectivity index (χ0v) is 11.1. The summed E-state index contributed by atoms with van der Waals surface area (Å²) in [6.45, 7) is 4.28. The highest BCUT2D eigenvalue weighted by Gasteiger charge is 2.45. The van der Waals surface area contributed by atoms with Crippen LogP contribution in [0, 0.1) is 11.3 Å². The Balaban J connectivity index is 2.02. The van der Waals surface area contributed by atoms with Crippen molar-refractivity contribution in [3.8, 4) is 0 Å². The van der Waals surface area contributed by atoms with E-state index in [-0.39, 0.29) is 12.6 Å². The van der Waals surface area contributed by atoms with Gasteiger partial charge in [0.05, 0.1) is 0 Å². The number of nitrogens with one attached hydrogen (secondary N) is 1. The van der Waals surface area contributed by atoms with Gasteiger partial charge in [-0.2, -0.15) is 13.2 Å². The molecule has 0 aromatic rings. The van der Waals surface area contributed by atoms with Gasteiger partial charge in [0.2, 0.25) is 0 Å². The lowest BCUT2D eigenvalue weighted by molar-refractivity contribution is -0.163. The van der Waals surface area contributed by atoms with Crippen LogP contribution in [0.3, 0.4) is 0 Å². The Labute approximate surface area is 111 Å². The molecule has 0 aromatic carbocycles. The van der Waals surface area contributed by atoms with Crippen molar-refractivity contribution >= 4 is 5.84 Å². The fourth-order valence-electron chi connectivity index (χ4n) is 3.11. The number of hydrogen-bond donors (Lipinski definition) is 2. The molecule has 19 heavy (non-hydrogen) atoms. The second-order valence-corrected chi connectivity index (χ2v) is 5.64. The van der Waals surface area contributed by atoms with Crippen LogP contribution in [-0.2, 0) is 0 Å². The van der Waals surface area contributed by atoms with E-state index in [1.807, 2.05) is 11.8 Å². The van der Waals surface area contributed by atoms with Gasteiger partial charge < -0.3 is 5.73 Å². The number of fused-ring (bicyclic) bond motifs is 1. The number of alkyl halides is 3. The molecule has 0 aliphatic carbocycles. The zero-order valence-electron chi connectivity index (χ0n) is 11.1. The molecule has 0 radical (unpaired) electrons. The molecule has 3 atom stereocenters. The normalized spacial score (nSPS) is 31.2. The summed E-state index contributed by atoms with van der Waals surface area (Å²) in [7, 11) is 0. The minimum absolute atomic E-state index is 0.0820. The molecule has 0 saturated carbocycles. The highest BCUT2D eigenvalue weighted by molar-refractivity contribution is 5.80. The summed E-state index contributed by atoms with van der Waals surface area (Å²) in [4.78, 5) is 4.20. The lowest BCUT2D eigenvalue weighted by Crippen LogP contribution is -2.57. The summed E-state index contributed by atoms with van der Waals surface area (Å²) in [5, 5.41) is 7.16. The third-order valence-corrected chi connectivity index (χ3v) is 4.25. The quantitative estimate of drug-likeness (QED) is 0.604. The SMILES string of the molecule is CC1CN2CCCC2CN1CC(C(=N)N)C(F)(F)F. The van der Waals surface area contributed by atoms with Gasteiger partial charge in [-0.3, -0.25) is 15.2 Å². The minimum Gasteiger partial charge on any atom is -0.387 e. The Morgan fingerprint density at radius 1 is 1.42 bits per heavy atom. The number of nitrogens with zero attached hydrogens (tertiary/aromatic N) is 2. The smallest absolute Gasteiger partial charge is 0.387 e. The van der Waals surface area contributed by atoms with Crippen LogP contribution in [0.4, 0.5) is 13.2 Å². The van der Waals surface area contributed by atoms with E-state index in [4.69, 9.17) is 11.1 Å². The van der Waals surface area contributed by atoms with E-state index in [2.05, 4.69) is 4.90 Å². The summed E-state index contributed by atoms with van der Waals surface area (Å²) >= 11 is 0. The Kier molecular flexibility index (Phi) is 4.06. The van der Waals surface area contributed by atoms with Crippen molar-refractivity contribution in [3.63, 3.8) is 0 Å². The maximum atomic E-state index is 12.9. The van der Waals surface area contributed by atoms with Crippen molar-refractivity contribution in [2.75, 3.05) is 26.2 Å². The van der Waals surface area contributed by atoms with E-state index in [0.29, 0.717) is 12.6 Å². The first-order valence-corrected chi connectivity index (χ1v) is 6.67. The predicted octanol–water partition coefficient (Wildman–Crippen LogP) is 1.27. The lowest BCUT2D eigenvalue weighted by atomic mass is 10.0. The minimum atomic E-state index is -4.43. The second kappa shape index (κ2) is 5.28. The Bertz CT molecular complexity index is 344. The van der Waals surface area contributed by atoms with Gasteiger partial charge in [-0.15, -0.1) is 0 Å². The Hall–Kier alpha value is -0.820. The molecule has 0 aromatic heterocycles. The topological polar surface area (TPSA) is 56.4 Å². The fourth-order valence-corrected chi connectivity index (χ4v) is 3.11. The average Bonchev–Trinajstić information content (AvgIpc) is 2.70. The van der Waals surface area contributed by atoms with Crippen molar-refractivity contribution in [1.82, 2.24) is 9.80 Å². The highest BCUT2D eigenvalue weighted by atomic mass is 19.4. The van der Waals surface area contributed by atoms with Crippen molar-refractivity contribution in [3.05, 3.63) is 0 Å². The number of hydrogen-bond acceptors (Lipinski definition) is 3. The summed E-state index contributed by atoms with van der Waals surface area (Å²) in [6, 6.07) is 0.454. The van der Waals surface area contributed by atoms with Gasteiger partial charge in [0.15, 0.2) is 0 Å². The number of amidine groups is 1. The lowest BCUT2D eigenvalue weighted by Gasteiger charge is -2.43. The van der Waals surface area contributed by atoms with Gasteiger partial charge in [0, 0.05) is 31.7 Å². The maximum Gasteiger partial charge on any atom is 0.399 e. The molecule has 2 fully saturated rings. The van der Waals surface area contributed by atoms with Gasteiger partial charge >= 0.3 is 6.18 Å². The largest absolute Gasteiger partial charge is 0.399 e. The second-order valence-electron chi connectivity index (χ2n) is 5.64. The third-order valence-electron chi connectivity index (χ3n) is 4.25. The molecule has 2 aliphatic heterocycles. The molecule has 4 nitrogen and oxygen atoms in total. The van der Waals surface area contributed by atoms with Crippen LogP contribution in [0.2, 0.25) is 0 Å². The van der Waals surface area contributed by atoms with Crippen molar-refractivity contribution < 1.29 is 13.2 Å². The predicted molar refractivity (Wildman–Crippen MR) is 67.1 cm³/mol. The van der Waals surface area contributed by atoms with Gasteiger partial charge in [0.25, 0.3) is 0 Å². The molecule has 0 spiro atoms. The van der Waals surface area contributed by atoms with Gasteiger partial charge in [-0.25, -0.2) is 0 Å². The molecule has 2 rings (SSSR count). The van der Waals surface area contributed by atoms with Crippen molar-refractivity contribution in [2.45, 2.75) is 38.0 Å². The molecule has 2 saturated heterocycles. The Morgan fingerprint density at radius 2 is 2.11 bits per heavy atom. The molecule has 110 valence electrons. The van der Waals surface area contributed by atoms with E-state index < -0.39 is 17.9 Å². The monoisotopic (exact) mass is 278 g/mol. The van der Waals surface area contributed by atoms with Crippen LogP contribution >= 0.6 is 0 Å². The van der Waals surface area contributed by atoms with E-state index in [9.17, 15) is 13.2 Å². The Morgan fingerprint density at radius 3 is 2.68 bits per heavy atom. The molecular weight excluding hydrogens is 257 g/mol. The van der Waals surface area contributed by atoms with Crippen molar-refractivity contribution in [2.24, 2.45) is 11.7 Å². The first-order chi connectivity index (χ1) is 8.79. The van der Waals surface area contributed by atoms with Gasteiger partial charge in [0.1, 0.15) is 11.8 Å². The van der Waals surface area contributed by atoms with E-state index in [1.165, 1.54) is 0 Å². The average molecular weight is 278 g/mol. The first kappa shape index (κ1) is 14.6. The maximum absolute atomic E-state index is 12.9. The van der Waals surface area contributed by atoms with Crippen LogP contribution in [0.5, 0.6) is 0 Å². The van der Waals surface area contributed by atoms with Crippen LogP contribution in [-0.4, -0.2) is 60.1 Å². The third kappa shape index (κ3) is 3.20. The molecule has 3 unspecified atom stereocenters. The van der Waals surface area contributed by atoms with E-state index in [0.717, 1.165) is 25.9 Å². The zero-order chi connectivity index (χ0) is 14.2. The summed E-state index contributed by atoms with van der Waals surface area (Å²) in [6.07, 6.45) is -2.25. The molecule has 0 amide bonds. The van der Waals surface area contributed by atoms with E-state index >= 15 is 0 Å². The fraction of sp³-hybridized carbons (Fsp3) is 0.917.